The van der Waals surface area contributed by atoms with E-state index in [9.17, 15) is 8.78 Å². The maximum absolute atomic E-state index is 14.0. The third kappa shape index (κ3) is 3.32. The normalized spacial score (nSPS) is 18.2. The lowest BCUT2D eigenvalue weighted by atomic mass is 10.0. The summed E-state index contributed by atoms with van der Waals surface area (Å²) in [5, 5.41) is 8.21. The van der Waals surface area contributed by atoms with Crippen molar-refractivity contribution in [1.82, 2.24) is 25.1 Å². The highest BCUT2D eigenvalue weighted by molar-refractivity contribution is 5.43. The van der Waals surface area contributed by atoms with Crippen molar-refractivity contribution in [3.63, 3.8) is 0 Å². The Bertz CT molecular complexity index is 886. The molecule has 0 saturated carbocycles. The fraction of sp³-hybridized carbons (Fsp3) is 0.333. The smallest absolute Gasteiger partial charge is 0.267 e. The van der Waals surface area contributed by atoms with E-state index in [2.05, 4.69) is 25.1 Å². The van der Waals surface area contributed by atoms with E-state index in [0.29, 0.717) is 23.0 Å². The standard InChI is InChI=1S/C18H17F2N5O/c19-13-5-3-4-12(16(13)20)11-25-9-2-1-6-15(25)18-24-23-17(26-18)14-10-21-7-8-22-14/h3-5,7-8,10,15H,1-2,6,9,11H2/t15-/m1/s1. The molecule has 0 spiro atoms. The van der Waals surface area contributed by atoms with Crippen molar-refractivity contribution in [3.05, 3.63) is 59.9 Å². The van der Waals surface area contributed by atoms with Gasteiger partial charge >= 0.3 is 0 Å². The van der Waals surface area contributed by atoms with Gasteiger partial charge in [-0.1, -0.05) is 18.6 Å². The third-order valence-corrected chi connectivity index (χ3v) is 4.53. The second-order valence-corrected chi connectivity index (χ2v) is 6.23. The Kier molecular flexibility index (Phi) is 4.66. The molecule has 0 N–H and O–H groups in total. The second kappa shape index (κ2) is 7.25. The van der Waals surface area contributed by atoms with Gasteiger partial charge in [-0.25, -0.2) is 13.8 Å². The minimum atomic E-state index is -0.834. The molecule has 0 bridgehead atoms. The first-order valence-electron chi connectivity index (χ1n) is 8.49. The van der Waals surface area contributed by atoms with E-state index >= 15 is 0 Å². The van der Waals surface area contributed by atoms with Crippen LogP contribution in [0.5, 0.6) is 0 Å². The van der Waals surface area contributed by atoms with E-state index in [1.807, 2.05) is 0 Å². The van der Waals surface area contributed by atoms with Crippen LogP contribution in [-0.2, 0) is 6.54 Å². The van der Waals surface area contributed by atoms with Crippen LogP contribution >= 0.6 is 0 Å². The summed E-state index contributed by atoms with van der Waals surface area (Å²) in [5.74, 6) is -0.876. The molecule has 6 nitrogen and oxygen atoms in total. The van der Waals surface area contributed by atoms with Gasteiger partial charge in [0.15, 0.2) is 11.6 Å². The summed E-state index contributed by atoms with van der Waals surface area (Å²) in [6, 6.07) is 4.11. The van der Waals surface area contributed by atoms with Gasteiger partial charge in [0.2, 0.25) is 5.89 Å². The van der Waals surface area contributed by atoms with Crippen molar-refractivity contribution in [2.75, 3.05) is 6.54 Å². The molecule has 3 aromatic rings. The number of benzene rings is 1. The number of rotatable bonds is 4. The number of halogens is 2. The highest BCUT2D eigenvalue weighted by Crippen LogP contribution is 2.33. The zero-order valence-corrected chi connectivity index (χ0v) is 14.0. The van der Waals surface area contributed by atoms with E-state index < -0.39 is 11.6 Å². The molecule has 0 radical (unpaired) electrons. The van der Waals surface area contributed by atoms with E-state index in [4.69, 9.17) is 4.42 Å². The zero-order chi connectivity index (χ0) is 17.9. The summed E-state index contributed by atoms with van der Waals surface area (Å²) in [4.78, 5) is 10.2. The molecule has 1 aliphatic heterocycles. The van der Waals surface area contributed by atoms with Gasteiger partial charge in [-0.05, 0) is 25.5 Å². The van der Waals surface area contributed by atoms with Gasteiger partial charge in [-0.15, -0.1) is 10.2 Å². The Morgan fingerprint density at radius 1 is 1.15 bits per heavy atom. The van der Waals surface area contributed by atoms with Crippen molar-refractivity contribution in [2.24, 2.45) is 0 Å². The molecule has 3 heterocycles. The Balaban J connectivity index is 1.58. The van der Waals surface area contributed by atoms with Crippen LogP contribution < -0.4 is 0 Å². The lowest BCUT2D eigenvalue weighted by Gasteiger charge is -2.33. The highest BCUT2D eigenvalue weighted by atomic mass is 19.2. The lowest BCUT2D eigenvalue weighted by molar-refractivity contribution is 0.116. The van der Waals surface area contributed by atoms with Crippen LogP contribution in [0.4, 0.5) is 8.78 Å². The topological polar surface area (TPSA) is 67.9 Å². The number of piperidine rings is 1. The number of hydrogen-bond donors (Lipinski definition) is 0. The van der Waals surface area contributed by atoms with Gasteiger partial charge in [0.1, 0.15) is 5.69 Å². The van der Waals surface area contributed by atoms with Crippen LogP contribution in [0.25, 0.3) is 11.6 Å². The molecule has 1 aromatic carbocycles. The number of aromatic nitrogens is 4. The summed E-state index contributed by atoms with van der Waals surface area (Å²) >= 11 is 0. The summed E-state index contributed by atoms with van der Waals surface area (Å²) < 4.78 is 33.3. The SMILES string of the molecule is Fc1cccc(CN2CCCC[C@@H]2c2nnc(-c3cnccn3)o2)c1F. The van der Waals surface area contributed by atoms with Crippen molar-refractivity contribution in [1.29, 1.82) is 0 Å². The molecule has 0 unspecified atom stereocenters. The maximum Gasteiger partial charge on any atom is 0.267 e. The second-order valence-electron chi connectivity index (χ2n) is 6.23. The molecule has 1 saturated heterocycles. The van der Waals surface area contributed by atoms with Gasteiger partial charge in [-0.2, -0.15) is 0 Å². The molecule has 0 aliphatic carbocycles. The predicted octanol–water partition coefficient (Wildman–Crippen LogP) is 3.53. The van der Waals surface area contributed by atoms with Crippen molar-refractivity contribution in [3.8, 4) is 11.6 Å². The maximum atomic E-state index is 14.0. The summed E-state index contributed by atoms with van der Waals surface area (Å²) in [7, 11) is 0. The Morgan fingerprint density at radius 2 is 2.08 bits per heavy atom. The van der Waals surface area contributed by atoms with Crippen LogP contribution in [-0.4, -0.2) is 31.6 Å². The first-order chi connectivity index (χ1) is 12.7. The Hall–Kier alpha value is -2.74. The number of likely N-dealkylation sites (tertiary alicyclic amines) is 1. The van der Waals surface area contributed by atoms with Crippen LogP contribution in [0.2, 0.25) is 0 Å². The molecule has 2 aromatic heterocycles. The van der Waals surface area contributed by atoms with Crippen LogP contribution in [0.3, 0.4) is 0 Å². The van der Waals surface area contributed by atoms with Gasteiger partial charge in [0.25, 0.3) is 5.89 Å². The van der Waals surface area contributed by atoms with Crippen molar-refractivity contribution in [2.45, 2.75) is 31.8 Å². The van der Waals surface area contributed by atoms with Gasteiger partial charge in [-0.3, -0.25) is 9.88 Å². The number of nitrogens with zero attached hydrogens (tertiary/aromatic N) is 5. The average molecular weight is 357 g/mol. The predicted molar refractivity (Wildman–Crippen MR) is 88.7 cm³/mol. The van der Waals surface area contributed by atoms with Crippen molar-refractivity contribution < 1.29 is 13.2 Å². The first kappa shape index (κ1) is 16.7. The largest absolute Gasteiger partial charge is 0.417 e. The zero-order valence-electron chi connectivity index (χ0n) is 14.0. The van der Waals surface area contributed by atoms with Gasteiger partial charge in [0.05, 0.1) is 12.2 Å². The minimum absolute atomic E-state index is 0.135. The monoisotopic (exact) mass is 357 g/mol. The minimum Gasteiger partial charge on any atom is -0.417 e. The molecule has 4 rings (SSSR count). The molecule has 1 aliphatic rings. The summed E-state index contributed by atoms with van der Waals surface area (Å²) in [5.41, 5.74) is 0.829. The first-order valence-corrected chi connectivity index (χ1v) is 8.49. The highest BCUT2D eigenvalue weighted by Gasteiger charge is 2.29. The van der Waals surface area contributed by atoms with Crippen LogP contribution in [0, 0.1) is 11.6 Å². The molecule has 26 heavy (non-hydrogen) atoms. The van der Waals surface area contributed by atoms with Crippen molar-refractivity contribution >= 4 is 0 Å². The molecule has 1 atom stereocenters. The summed E-state index contributed by atoms with van der Waals surface area (Å²) in [6.07, 6.45) is 7.49. The molecule has 134 valence electrons. The van der Waals surface area contributed by atoms with Crippen LogP contribution in [0.1, 0.15) is 36.8 Å². The fourth-order valence-corrected chi connectivity index (χ4v) is 3.23. The van der Waals surface area contributed by atoms with E-state index in [1.54, 1.807) is 24.7 Å². The number of hydrogen-bond acceptors (Lipinski definition) is 6. The third-order valence-electron chi connectivity index (χ3n) is 4.53. The Labute approximate surface area is 148 Å². The quantitative estimate of drug-likeness (QED) is 0.712. The molecular weight excluding hydrogens is 340 g/mol. The molecular formula is C18H17F2N5O. The summed E-state index contributed by atoms with van der Waals surface area (Å²) in [6.45, 7) is 1.04. The lowest BCUT2D eigenvalue weighted by Crippen LogP contribution is -2.33. The van der Waals surface area contributed by atoms with E-state index in [0.717, 1.165) is 31.9 Å². The molecule has 1 fully saturated rings. The van der Waals surface area contributed by atoms with Gasteiger partial charge in [0, 0.05) is 24.5 Å². The molecule has 8 heteroatoms. The molecule has 0 amide bonds. The van der Waals surface area contributed by atoms with Gasteiger partial charge < -0.3 is 4.42 Å². The van der Waals surface area contributed by atoms with E-state index in [-0.39, 0.29) is 12.6 Å². The van der Waals surface area contributed by atoms with Crippen LogP contribution in [0.15, 0.2) is 41.2 Å². The fourth-order valence-electron chi connectivity index (χ4n) is 3.23. The van der Waals surface area contributed by atoms with E-state index in [1.165, 1.54) is 6.07 Å². The average Bonchev–Trinajstić information content (AvgIpc) is 3.17. The Morgan fingerprint density at radius 3 is 2.92 bits per heavy atom.